The van der Waals surface area contributed by atoms with Gasteiger partial charge in [-0.1, -0.05) is 68.3 Å². The summed E-state index contributed by atoms with van der Waals surface area (Å²) in [5.74, 6) is 0.697. The summed E-state index contributed by atoms with van der Waals surface area (Å²) >= 11 is 0. The molecule has 0 aromatic heterocycles. The van der Waals surface area contributed by atoms with Crippen molar-refractivity contribution >= 4 is 25.7 Å². The summed E-state index contributed by atoms with van der Waals surface area (Å²) in [6.07, 6.45) is 0. The molecule has 3 aromatic carbocycles. The molecule has 0 aliphatic carbocycles. The van der Waals surface area contributed by atoms with Gasteiger partial charge in [0.2, 0.25) is 14.0 Å². The van der Waals surface area contributed by atoms with Crippen LogP contribution in [0.5, 0.6) is 5.75 Å². The second kappa shape index (κ2) is 8.97. The van der Waals surface area contributed by atoms with Crippen LogP contribution in [-0.2, 0) is 10.5 Å². The van der Waals surface area contributed by atoms with E-state index in [1.165, 1.54) is 4.90 Å². The van der Waals surface area contributed by atoms with Gasteiger partial charge in [0.05, 0.1) is 13.2 Å². The van der Waals surface area contributed by atoms with Gasteiger partial charge >= 0.3 is 6.03 Å². The summed E-state index contributed by atoms with van der Waals surface area (Å²) < 4.78 is 12.4. The van der Waals surface area contributed by atoms with E-state index < -0.39 is 19.6 Å². The number of aryl methyl sites for hydroxylation is 2. The molecule has 1 atom stereocenters. The van der Waals surface area contributed by atoms with Gasteiger partial charge in [0.15, 0.2) is 0 Å². The van der Waals surface area contributed by atoms with Crippen LogP contribution in [-0.4, -0.2) is 38.2 Å². The molecular formula is C31H38N2O4Si. The van der Waals surface area contributed by atoms with E-state index in [1.54, 1.807) is 4.90 Å². The highest BCUT2D eigenvalue weighted by atomic mass is 28.4. The lowest BCUT2D eigenvalue weighted by Crippen LogP contribution is -2.70. The van der Waals surface area contributed by atoms with E-state index in [-0.39, 0.29) is 24.3 Å². The Balaban J connectivity index is 1.69. The zero-order chi connectivity index (χ0) is 27.5. The van der Waals surface area contributed by atoms with Crippen molar-refractivity contribution in [2.24, 2.45) is 0 Å². The van der Waals surface area contributed by atoms with Crippen molar-refractivity contribution in [3.8, 4) is 5.75 Å². The third-order valence-corrected chi connectivity index (χ3v) is 12.8. The average Bonchev–Trinajstić information content (AvgIpc) is 3.04. The predicted octanol–water partition coefficient (Wildman–Crippen LogP) is 6.75. The highest BCUT2D eigenvalue weighted by Crippen LogP contribution is 2.54. The van der Waals surface area contributed by atoms with E-state index in [0.29, 0.717) is 17.0 Å². The number of nitrogens with zero attached hydrogens (tertiary/aromatic N) is 2. The molecule has 1 N–H and O–H groups in total. The Hall–Kier alpha value is -3.13. The van der Waals surface area contributed by atoms with E-state index in [1.807, 2.05) is 86.6 Å². The topological polar surface area (TPSA) is 62.2 Å². The van der Waals surface area contributed by atoms with Gasteiger partial charge in [-0.05, 0) is 68.4 Å². The lowest BCUT2D eigenvalue weighted by atomic mass is 9.78. The van der Waals surface area contributed by atoms with Crippen molar-refractivity contribution in [2.45, 2.75) is 64.0 Å². The van der Waals surface area contributed by atoms with Crippen LogP contribution in [0.1, 0.15) is 37.5 Å². The fourth-order valence-corrected chi connectivity index (χ4v) is 6.10. The molecule has 7 heteroatoms. The number of amides is 2. The van der Waals surface area contributed by atoms with Crippen molar-refractivity contribution in [3.05, 3.63) is 89.5 Å². The first-order chi connectivity index (χ1) is 17.8. The highest BCUT2D eigenvalue weighted by molar-refractivity contribution is 6.74. The number of carbonyl (C=O) groups is 1. The summed E-state index contributed by atoms with van der Waals surface area (Å²) in [5.41, 5.74) is 1.41. The van der Waals surface area contributed by atoms with Crippen LogP contribution in [0, 0.1) is 13.8 Å². The monoisotopic (exact) mass is 530 g/mol. The minimum absolute atomic E-state index is 0.0163. The zero-order valence-electron chi connectivity index (χ0n) is 23.4. The molecule has 0 saturated carbocycles. The summed E-state index contributed by atoms with van der Waals surface area (Å²) in [4.78, 5) is 17.6. The van der Waals surface area contributed by atoms with Crippen molar-refractivity contribution in [1.82, 2.24) is 0 Å². The maximum atomic E-state index is 14.3. The predicted molar refractivity (Wildman–Crippen MR) is 154 cm³/mol. The third kappa shape index (κ3) is 3.95. The molecule has 3 aromatic rings. The second-order valence-corrected chi connectivity index (χ2v) is 16.9. The van der Waals surface area contributed by atoms with Crippen LogP contribution in [0.25, 0.3) is 0 Å². The molecule has 2 heterocycles. The molecule has 2 saturated heterocycles. The first-order valence-corrected chi connectivity index (χ1v) is 16.1. The lowest BCUT2D eigenvalue weighted by molar-refractivity contribution is -0.153. The van der Waals surface area contributed by atoms with Crippen molar-refractivity contribution < 1.29 is 19.1 Å². The van der Waals surface area contributed by atoms with Crippen LogP contribution in [0.3, 0.4) is 0 Å². The first kappa shape index (κ1) is 26.5. The number of benzene rings is 3. The molecule has 38 heavy (non-hydrogen) atoms. The fourth-order valence-electron chi connectivity index (χ4n) is 5.08. The van der Waals surface area contributed by atoms with Gasteiger partial charge in [0, 0.05) is 16.9 Å². The number of urea groups is 1. The SMILES string of the molecule is Cc1ccc(N2C(=O)N(c3ccc(C)cc3)C(O)(c3cccc(O[Si](C)(C)C(C)(C)C)c3)C23COC3)cc1. The molecule has 6 nitrogen and oxygen atoms in total. The minimum atomic E-state index is -2.13. The molecule has 2 amide bonds. The number of anilines is 2. The van der Waals surface area contributed by atoms with Gasteiger partial charge < -0.3 is 14.3 Å². The molecule has 0 radical (unpaired) electrons. The standard InChI is InChI=1S/C31H38N2O4Si/c1-22-11-15-25(16-12-22)32-28(34)33(26-17-13-23(2)14-18-26)31(35,30(32)20-36-21-30)24-9-8-10-27(19-24)37-38(6,7)29(3,4)5/h8-19,35H,20-21H2,1-7H3. The highest BCUT2D eigenvalue weighted by Gasteiger charge is 2.72. The maximum absolute atomic E-state index is 14.3. The number of carbonyl (C=O) groups excluding carboxylic acids is 1. The molecule has 2 aliphatic heterocycles. The van der Waals surface area contributed by atoms with E-state index in [0.717, 1.165) is 16.8 Å². The molecule has 2 aliphatic rings. The third-order valence-electron chi connectivity index (χ3n) is 8.46. The van der Waals surface area contributed by atoms with E-state index in [4.69, 9.17) is 9.16 Å². The van der Waals surface area contributed by atoms with Crippen molar-refractivity contribution in [2.75, 3.05) is 23.0 Å². The number of rotatable bonds is 5. The molecule has 5 rings (SSSR count). The molecule has 0 bridgehead atoms. The molecule has 1 spiro atoms. The molecule has 1 unspecified atom stereocenters. The smallest absolute Gasteiger partial charge is 0.332 e. The van der Waals surface area contributed by atoms with Crippen LogP contribution in [0.2, 0.25) is 18.1 Å². The Labute approximate surface area is 226 Å². The van der Waals surface area contributed by atoms with Crippen LogP contribution in [0.15, 0.2) is 72.8 Å². The number of ether oxygens (including phenoxy) is 1. The van der Waals surface area contributed by atoms with Gasteiger partial charge in [-0.3, -0.25) is 9.80 Å². The summed E-state index contributed by atoms with van der Waals surface area (Å²) in [6.45, 7) is 15.4. The number of hydrogen-bond donors (Lipinski definition) is 1. The van der Waals surface area contributed by atoms with Crippen LogP contribution < -0.4 is 14.2 Å². The first-order valence-electron chi connectivity index (χ1n) is 13.2. The Morgan fingerprint density at radius 3 is 1.87 bits per heavy atom. The zero-order valence-corrected chi connectivity index (χ0v) is 24.4. The average molecular weight is 531 g/mol. The Morgan fingerprint density at radius 1 is 0.868 bits per heavy atom. The normalized spacial score (nSPS) is 21.1. The fraction of sp³-hybridized carbons (Fsp3) is 0.387. The van der Waals surface area contributed by atoms with E-state index in [9.17, 15) is 9.90 Å². The van der Waals surface area contributed by atoms with Gasteiger partial charge in [0.1, 0.15) is 11.3 Å². The Morgan fingerprint density at radius 2 is 1.39 bits per heavy atom. The van der Waals surface area contributed by atoms with Gasteiger partial charge in [-0.2, -0.15) is 0 Å². The van der Waals surface area contributed by atoms with Crippen molar-refractivity contribution in [3.63, 3.8) is 0 Å². The summed E-state index contributed by atoms with van der Waals surface area (Å²) in [6, 6.07) is 22.8. The van der Waals surface area contributed by atoms with Crippen LogP contribution >= 0.6 is 0 Å². The largest absolute Gasteiger partial charge is 0.543 e. The van der Waals surface area contributed by atoms with Crippen LogP contribution in [0.4, 0.5) is 16.2 Å². The van der Waals surface area contributed by atoms with Gasteiger partial charge in [-0.25, -0.2) is 4.79 Å². The maximum Gasteiger partial charge on any atom is 0.332 e. The van der Waals surface area contributed by atoms with E-state index in [2.05, 4.69) is 33.9 Å². The second-order valence-electron chi connectivity index (χ2n) is 12.2. The van der Waals surface area contributed by atoms with E-state index >= 15 is 0 Å². The molecule has 2 fully saturated rings. The number of aliphatic hydroxyl groups is 1. The Kier molecular flexibility index (Phi) is 6.25. The Bertz CT molecular complexity index is 1340. The quantitative estimate of drug-likeness (QED) is 0.371. The van der Waals surface area contributed by atoms with Crippen molar-refractivity contribution in [1.29, 1.82) is 0 Å². The summed E-state index contributed by atoms with van der Waals surface area (Å²) in [5, 5.41) is 12.9. The van der Waals surface area contributed by atoms with Gasteiger partial charge in [-0.15, -0.1) is 0 Å². The minimum Gasteiger partial charge on any atom is -0.543 e. The summed E-state index contributed by atoms with van der Waals surface area (Å²) in [7, 11) is -2.13. The lowest BCUT2D eigenvalue weighted by Gasteiger charge is -2.51. The molecule has 200 valence electrons. The van der Waals surface area contributed by atoms with Gasteiger partial charge in [0.25, 0.3) is 0 Å². The molecular weight excluding hydrogens is 492 g/mol. The number of hydrogen-bond acceptors (Lipinski definition) is 4.